The van der Waals surface area contributed by atoms with Crippen molar-refractivity contribution >= 4 is 23.2 Å². The summed E-state index contributed by atoms with van der Waals surface area (Å²) in [5.74, 6) is -1.14. The van der Waals surface area contributed by atoms with Crippen molar-refractivity contribution in [3.8, 4) is 5.69 Å². The van der Waals surface area contributed by atoms with E-state index >= 15 is 0 Å². The minimum absolute atomic E-state index is 0.0586. The molecule has 2 heterocycles. The van der Waals surface area contributed by atoms with Crippen molar-refractivity contribution in [2.24, 2.45) is 0 Å². The van der Waals surface area contributed by atoms with Crippen LogP contribution in [0.4, 0.5) is 15.8 Å². The number of hydrogen-bond donors (Lipinski definition) is 2. The van der Waals surface area contributed by atoms with E-state index in [-0.39, 0.29) is 17.9 Å². The van der Waals surface area contributed by atoms with Gasteiger partial charge in [0, 0.05) is 28.8 Å². The maximum atomic E-state index is 13.1. The lowest BCUT2D eigenvalue weighted by Gasteiger charge is -2.11. The van der Waals surface area contributed by atoms with Crippen LogP contribution in [0.15, 0.2) is 65.6 Å². The summed E-state index contributed by atoms with van der Waals surface area (Å²) in [7, 11) is 0. The van der Waals surface area contributed by atoms with Crippen molar-refractivity contribution in [1.29, 1.82) is 0 Å². The molecule has 6 nitrogen and oxygen atoms in total. The maximum Gasteiger partial charge on any atom is 0.267 e. The third-order valence-corrected chi connectivity index (χ3v) is 4.33. The molecule has 7 heteroatoms. The molecule has 0 bridgehead atoms. The van der Waals surface area contributed by atoms with Gasteiger partial charge in [-0.3, -0.25) is 19.0 Å². The summed E-state index contributed by atoms with van der Waals surface area (Å²) < 4.78 is 14.4. The Morgan fingerprint density at radius 1 is 1.04 bits per heavy atom. The first-order valence-electron chi connectivity index (χ1n) is 8.23. The SMILES string of the molecule is O=C1Cc2c(cccc2NC(=O)c2cccn(-c3ccc(F)cc3)c2=O)N1. The molecule has 0 saturated carbocycles. The lowest BCUT2D eigenvalue weighted by molar-refractivity contribution is -0.115. The van der Waals surface area contributed by atoms with Crippen LogP contribution in [0.25, 0.3) is 5.69 Å². The molecule has 134 valence electrons. The van der Waals surface area contributed by atoms with Gasteiger partial charge in [-0.2, -0.15) is 0 Å². The zero-order valence-electron chi connectivity index (χ0n) is 14.0. The van der Waals surface area contributed by atoms with Gasteiger partial charge >= 0.3 is 0 Å². The summed E-state index contributed by atoms with van der Waals surface area (Å²) in [6.45, 7) is 0. The molecule has 0 spiro atoms. The fourth-order valence-electron chi connectivity index (χ4n) is 3.03. The van der Waals surface area contributed by atoms with E-state index in [1.165, 1.54) is 41.1 Å². The van der Waals surface area contributed by atoms with E-state index in [4.69, 9.17) is 0 Å². The fraction of sp³-hybridized carbons (Fsp3) is 0.0500. The third-order valence-electron chi connectivity index (χ3n) is 4.33. The molecule has 0 aliphatic carbocycles. The highest BCUT2D eigenvalue weighted by Crippen LogP contribution is 2.29. The molecular weight excluding hydrogens is 349 g/mol. The van der Waals surface area contributed by atoms with Crippen molar-refractivity contribution in [3.05, 3.63) is 88.1 Å². The Balaban J connectivity index is 1.67. The summed E-state index contributed by atoms with van der Waals surface area (Å²) in [4.78, 5) is 37.0. The summed E-state index contributed by atoms with van der Waals surface area (Å²) >= 11 is 0. The first-order valence-corrected chi connectivity index (χ1v) is 8.23. The molecule has 1 aromatic heterocycles. The number of nitrogens with zero attached hydrogens (tertiary/aromatic N) is 1. The van der Waals surface area contributed by atoms with Crippen LogP contribution in [0.3, 0.4) is 0 Å². The lowest BCUT2D eigenvalue weighted by Crippen LogP contribution is -2.28. The normalized spacial score (nSPS) is 12.4. The van der Waals surface area contributed by atoms with Crippen molar-refractivity contribution in [2.75, 3.05) is 10.6 Å². The van der Waals surface area contributed by atoms with Crippen LogP contribution in [-0.2, 0) is 11.2 Å². The molecule has 3 aromatic rings. The summed E-state index contributed by atoms with van der Waals surface area (Å²) in [5, 5.41) is 5.41. The van der Waals surface area contributed by atoms with Crippen LogP contribution in [0.5, 0.6) is 0 Å². The van der Waals surface area contributed by atoms with E-state index in [0.717, 1.165) is 0 Å². The maximum absolute atomic E-state index is 13.1. The molecular formula is C20H14FN3O3. The molecule has 0 unspecified atom stereocenters. The zero-order valence-corrected chi connectivity index (χ0v) is 14.0. The van der Waals surface area contributed by atoms with E-state index < -0.39 is 17.3 Å². The number of anilines is 2. The van der Waals surface area contributed by atoms with Crippen LogP contribution in [0.1, 0.15) is 15.9 Å². The Hall–Kier alpha value is -3.74. The lowest BCUT2D eigenvalue weighted by atomic mass is 10.1. The van der Waals surface area contributed by atoms with Crippen LogP contribution in [0.2, 0.25) is 0 Å². The van der Waals surface area contributed by atoms with Crippen LogP contribution >= 0.6 is 0 Å². The molecule has 4 rings (SSSR count). The monoisotopic (exact) mass is 363 g/mol. The molecule has 0 fully saturated rings. The average Bonchev–Trinajstić information content (AvgIpc) is 3.04. The summed E-state index contributed by atoms with van der Waals surface area (Å²) in [6, 6.07) is 13.5. The molecule has 0 radical (unpaired) electrons. The Morgan fingerprint density at radius 2 is 1.81 bits per heavy atom. The molecule has 2 N–H and O–H groups in total. The number of amides is 2. The van der Waals surface area contributed by atoms with Crippen molar-refractivity contribution in [1.82, 2.24) is 4.57 Å². The van der Waals surface area contributed by atoms with Crippen LogP contribution in [0, 0.1) is 5.82 Å². The number of rotatable bonds is 3. The van der Waals surface area contributed by atoms with Gasteiger partial charge in [-0.05, 0) is 48.5 Å². The largest absolute Gasteiger partial charge is 0.325 e. The van der Waals surface area contributed by atoms with Gasteiger partial charge in [-0.25, -0.2) is 4.39 Å². The molecule has 27 heavy (non-hydrogen) atoms. The number of nitrogens with one attached hydrogen (secondary N) is 2. The average molecular weight is 363 g/mol. The third kappa shape index (κ3) is 3.10. The molecule has 0 atom stereocenters. The zero-order chi connectivity index (χ0) is 19.0. The fourth-order valence-corrected chi connectivity index (χ4v) is 3.03. The number of carbonyl (C=O) groups is 2. The first-order chi connectivity index (χ1) is 13.0. The smallest absolute Gasteiger partial charge is 0.267 e. The highest BCUT2D eigenvalue weighted by Gasteiger charge is 2.22. The van der Waals surface area contributed by atoms with Gasteiger partial charge in [-0.15, -0.1) is 0 Å². The van der Waals surface area contributed by atoms with Gasteiger partial charge < -0.3 is 10.6 Å². The van der Waals surface area contributed by atoms with Gasteiger partial charge in [0.15, 0.2) is 0 Å². The number of fused-ring (bicyclic) bond motifs is 1. The number of aromatic nitrogens is 1. The predicted octanol–water partition coefficient (Wildman–Crippen LogP) is 2.72. The van der Waals surface area contributed by atoms with Crippen molar-refractivity contribution in [2.45, 2.75) is 6.42 Å². The van der Waals surface area contributed by atoms with Crippen molar-refractivity contribution in [3.63, 3.8) is 0 Å². The second kappa shape index (κ2) is 6.53. The Morgan fingerprint density at radius 3 is 2.59 bits per heavy atom. The van der Waals surface area contributed by atoms with Gasteiger partial charge in [0.2, 0.25) is 5.91 Å². The van der Waals surface area contributed by atoms with E-state index in [1.54, 1.807) is 24.3 Å². The van der Waals surface area contributed by atoms with Crippen LogP contribution < -0.4 is 16.2 Å². The van der Waals surface area contributed by atoms with Gasteiger partial charge in [0.25, 0.3) is 11.5 Å². The predicted molar refractivity (Wildman–Crippen MR) is 98.7 cm³/mol. The van der Waals surface area contributed by atoms with Gasteiger partial charge in [-0.1, -0.05) is 6.07 Å². The minimum Gasteiger partial charge on any atom is -0.325 e. The summed E-state index contributed by atoms with van der Waals surface area (Å²) in [5.41, 5.74) is 1.68. The number of halogens is 1. The summed E-state index contributed by atoms with van der Waals surface area (Å²) in [6.07, 6.45) is 1.68. The standard InChI is InChI=1S/C20H14FN3O3/c21-12-6-8-13(9-7-12)24-10-2-3-14(20(24)27)19(26)23-17-5-1-4-16-15(17)11-18(25)22-16/h1-10H,11H2,(H,22,25)(H,23,26). The quantitative estimate of drug-likeness (QED) is 0.751. The van der Waals surface area contributed by atoms with Gasteiger partial charge in [0.1, 0.15) is 11.4 Å². The van der Waals surface area contributed by atoms with E-state index in [1.807, 2.05) is 0 Å². The molecule has 1 aliphatic rings. The number of carbonyl (C=O) groups excluding carboxylic acids is 2. The number of hydrogen-bond acceptors (Lipinski definition) is 3. The highest BCUT2D eigenvalue weighted by atomic mass is 19.1. The van der Waals surface area contributed by atoms with Crippen molar-refractivity contribution < 1.29 is 14.0 Å². The molecule has 2 aromatic carbocycles. The topological polar surface area (TPSA) is 80.2 Å². The Kier molecular flexibility index (Phi) is 4.04. The van der Waals surface area contributed by atoms with E-state index in [9.17, 15) is 18.8 Å². The van der Waals surface area contributed by atoms with E-state index in [2.05, 4.69) is 10.6 Å². The van der Waals surface area contributed by atoms with Gasteiger partial charge in [0.05, 0.1) is 6.42 Å². The second-order valence-electron chi connectivity index (χ2n) is 6.08. The molecule has 0 saturated heterocycles. The highest BCUT2D eigenvalue weighted by molar-refractivity contribution is 6.07. The Bertz CT molecular complexity index is 1120. The number of pyridine rings is 1. The first kappa shape index (κ1) is 16.7. The van der Waals surface area contributed by atoms with E-state index in [0.29, 0.717) is 22.6 Å². The van der Waals surface area contributed by atoms with Crippen LogP contribution in [-0.4, -0.2) is 16.4 Å². The number of benzene rings is 2. The minimum atomic E-state index is -0.579. The molecule has 1 aliphatic heterocycles. The second-order valence-corrected chi connectivity index (χ2v) is 6.08. The Labute approximate surface area is 153 Å². The molecule has 2 amide bonds.